The zero-order valence-corrected chi connectivity index (χ0v) is 18.8. The molecule has 1 heterocycles. The van der Waals surface area contributed by atoms with Crippen LogP contribution in [0.2, 0.25) is 0 Å². The zero-order valence-electron chi connectivity index (χ0n) is 18.8. The van der Waals surface area contributed by atoms with Gasteiger partial charge in [-0.2, -0.15) is 0 Å². The van der Waals surface area contributed by atoms with Crippen molar-refractivity contribution in [1.82, 2.24) is 4.90 Å². The molecule has 0 aliphatic carbocycles. The van der Waals surface area contributed by atoms with E-state index in [4.69, 9.17) is 18.9 Å². The van der Waals surface area contributed by atoms with Gasteiger partial charge in [0.25, 0.3) is 0 Å². The molecule has 0 saturated carbocycles. The number of hydrogen-bond donors (Lipinski definition) is 0. The number of carbonyl (C=O) groups excluding carboxylic acids is 1. The Hall–Kier alpha value is -2.80. The molecule has 3 rings (SSSR count). The van der Waals surface area contributed by atoms with Gasteiger partial charge in [-0.05, 0) is 63.2 Å². The van der Waals surface area contributed by atoms with E-state index in [1.165, 1.54) is 12.1 Å². The molecule has 2 aromatic rings. The molecule has 1 aliphatic rings. The van der Waals surface area contributed by atoms with Crippen molar-refractivity contribution in [1.29, 1.82) is 0 Å². The molecule has 0 bridgehead atoms. The minimum Gasteiger partial charge on any atom is -0.492 e. The SMILES string of the molecule is CCOc1ccc(C(=O)CC(C)c2c(CCN(C)C)cc3c(c2OC)OCO3)cc1F. The van der Waals surface area contributed by atoms with Crippen molar-refractivity contribution in [3.05, 3.63) is 46.8 Å². The van der Waals surface area contributed by atoms with Crippen molar-refractivity contribution in [3.8, 4) is 23.0 Å². The topological polar surface area (TPSA) is 57.2 Å². The minimum atomic E-state index is -0.535. The van der Waals surface area contributed by atoms with Crippen LogP contribution in [0.1, 0.15) is 47.7 Å². The van der Waals surface area contributed by atoms with Gasteiger partial charge in [0, 0.05) is 24.1 Å². The summed E-state index contributed by atoms with van der Waals surface area (Å²) in [6, 6.07) is 6.32. The van der Waals surface area contributed by atoms with Crippen molar-refractivity contribution < 1.29 is 28.1 Å². The fraction of sp³-hybridized carbons (Fsp3) is 0.458. The number of ketones is 1. The molecule has 0 amide bonds. The Morgan fingerprint density at radius 1 is 1.26 bits per heavy atom. The number of benzene rings is 2. The Morgan fingerprint density at radius 3 is 2.68 bits per heavy atom. The summed E-state index contributed by atoms with van der Waals surface area (Å²) in [5.74, 6) is 1.13. The molecule has 0 aromatic heterocycles. The zero-order chi connectivity index (χ0) is 22.5. The van der Waals surface area contributed by atoms with Crippen LogP contribution in [0.5, 0.6) is 23.0 Å². The molecule has 0 spiro atoms. The summed E-state index contributed by atoms with van der Waals surface area (Å²) >= 11 is 0. The Morgan fingerprint density at radius 2 is 2.03 bits per heavy atom. The summed E-state index contributed by atoms with van der Waals surface area (Å²) in [6.45, 7) is 5.09. The lowest BCUT2D eigenvalue weighted by Gasteiger charge is -2.22. The smallest absolute Gasteiger partial charge is 0.231 e. The Kier molecular flexibility index (Phi) is 7.38. The van der Waals surface area contributed by atoms with Gasteiger partial charge in [-0.1, -0.05) is 6.92 Å². The summed E-state index contributed by atoms with van der Waals surface area (Å²) in [7, 11) is 5.61. The van der Waals surface area contributed by atoms with Crippen LogP contribution in [0.4, 0.5) is 4.39 Å². The third kappa shape index (κ3) is 5.10. The van der Waals surface area contributed by atoms with E-state index in [-0.39, 0.29) is 30.7 Å². The number of ether oxygens (including phenoxy) is 4. The van der Waals surface area contributed by atoms with Crippen molar-refractivity contribution in [2.24, 2.45) is 0 Å². The van der Waals surface area contributed by atoms with Gasteiger partial charge in [0.05, 0.1) is 13.7 Å². The third-order valence-corrected chi connectivity index (χ3v) is 5.31. The predicted octanol–water partition coefficient (Wildman–Crippen LogP) is 4.44. The van der Waals surface area contributed by atoms with E-state index in [1.807, 2.05) is 27.1 Å². The molecule has 1 unspecified atom stereocenters. The molecule has 0 radical (unpaired) electrons. The number of hydrogen-bond acceptors (Lipinski definition) is 6. The van der Waals surface area contributed by atoms with Gasteiger partial charge < -0.3 is 23.8 Å². The van der Waals surface area contributed by atoms with E-state index >= 15 is 0 Å². The van der Waals surface area contributed by atoms with Crippen LogP contribution >= 0.6 is 0 Å². The first-order chi connectivity index (χ1) is 14.8. The highest BCUT2D eigenvalue weighted by atomic mass is 19.1. The molecule has 0 saturated heterocycles. The fourth-order valence-corrected chi connectivity index (χ4v) is 3.82. The first kappa shape index (κ1) is 22.9. The van der Waals surface area contributed by atoms with Crippen molar-refractivity contribution >= 4 is 5.78 Å². The largest absolute Gasteiger partial charge is 0.492 e. The van der Waals surface area contributed by atoms with Crippen LogP contribution in [0.15, 0.2) is 24.3 Å². The van der Waals surface area contributed by atoms with E-state index < -0.39 is 5.82 Å². The molecule has 168 valence electrons. The lowest BCUT2D eigenvalue weighted by molar-refractivity contribution is 0.0974. The highest BCUT2D eigenvalue weighted by Gasteiger charge is 2.29. The number of halogens is 1. The average molecular weight is 432 g/mol. The van der Waals surface area contributed by atoms with E-state index in [9.17, 15) is 9.18 Å². The maximum Gasteiger partial charge on any atom is 0.231 e. The van der Waals surface area contributed by atoms with Gasteiger partial charge in [0.15, 0.2) is 28.8 Å². The summed E-state index contributed by atoms with van der Waals surface area (Å²) in [5.41, 5.74) is 2.30. The van der Waals surface area contributed by atoms with Crippen LogP contribution in [0, 0.1) is 5.82 Å². The Balaban J connectivity index is 1.90. The van der Waals surface area contributed by atoms with Crippen LogP contribution in [-0.2, 0) is 6.42 Å². The van der Waals surface area contributed by atoms with Crippen LogP contribution in [-0.4, -0.2) is 51.8 Å². The maximum atomic E-state index is 14.2. The fourth-order valence-electron chi connectivity index (χ4n) is 3.82. The molecular weight excluding hydrogens is 401 g/mol. The lowest BCUT2D eigenvalue weighted by atomic mass is 9.87. The summed E-state index contributed by atoms with van der Waals surface area (Å²) in [5, 5.41) is 0. The van der Waals surface area contributed by atoms with Gasteiger partial charge in [-0.25, -0.2) is 4.39 Å². The lowest BCUT2D eigenvalue weighted by Crippen LogP contribution is -2.17. The third-order valence-electron chi connectivity index (χ3n) is 5.31. The quantitative estimate of drug-likeness (QED) is 0.519. The average Bonchev–Trinajstić information content (AvgIpc) is 3.20. The Bertz CT molecular complexity index is 944. The number of methoxy groups -OCH3 is 1. The molecule has 0 N–H and O–H groups in total. The molecular formula is C24H30FNO5. The van der Waals surface area contributed by atoms with E-state index in [0.717, 1.165) is 24.1 Å². The second kappa shape index (κ2) is 10.0. The second-order valence-electron chi connectivity index (χ2n) is 7.88. The molecule has 1 atom stereocenters. The highest BCUT2D eigenvalue weighted by Crippen LogP contribution is 2.48. The van der Waals surface area contributed by atoms with Crippen LogP contribution in [0.25, 0.3) is 0 Å². The van der Waals surface area contributed by atoms with Gasteiger partial charge in [0.1, 0.15) is 0 Å². The number of fused-ring (bicyclic) bond motifs is 1. The van der Waals surface area contributed by atoms with Gasteiger partial charge in [0.2, 0.25) is 12.5 Å². The predicted molar refractivity (Wildman–Crippen MR) is 116 cm³/mol. The van der Waals surface area contributed by atoms with Gasteiger partial charge >= 0.3 is 0 Å². The number of rotatable bonds is 10. The molecule has 7 heteroatoms. The normalized spacial score (nSPS) is 13.4. The molecule has 0 fully saturated rings. The maximum absolute atomic E-state index is 14.2. The summed E-state index contributed by atoms with van der Waals surface area (Å²) < 4.78 is 36.4. The van der Waals surface area contributed by atoms with E-state index in [2.05, 4.69) is 4.90 Å². The van der Waals surface area contributed by atoms with E-state index in [0.29, 0.717) is 29.4 Å². The van der Waals surface area contributed by atoms with Crippen LogP contribution < -0.4 is 18.9 Å². The van der Waals surface area contributed by atoms with Gasteiger partial charge in [-0.15, -0.1) is 0 Å². The first-order valence-electron chi connectivity index (χ1n) is 10.4. The second-order valence-corrected chi connectivity index (χ2v) is 7.88. The van der Waals surface area contributed by atoms with Crippen molar-refractivity contribution in [2.45, 2.75) is 32.6 Å². The summed E-state index contributed by atoms with van der Waals surface area (Å²) in [6.07, 6.45) is 0.976. The number of likely N-dealkylation sites (N-methyl/N-ethyl adjacent to an activating group) is 1. The molecule has 2 aromatic carbocycles. The Labute approximate surface area is 182 Å². The van der Waals surface area contributed by atoms with E-state index in [1.54, 1.807) is 20.1 Å². The minimum absolute atomic E-state index is 0.140. The molecule has 6 nitrogen and oxygen atoms in total. The molecule has 1 aliphatic heterocycles. The number of carbonyl (C=O) groups is 1. The molecule has 31 heavy (non-hydrogen) atoms. The number of Topliss-reactive ketones (excluding diaryl/α,β-unsaturated/α-hetero) is 1. The summed E-state index contributed by atoms with van der Waals surface area (Å²) in [4.78, 5) is 15.0. The highest BCUT2D eigenvalue weighted by molar-refractivity contribution is 5.96. The van der Waals surface area contributed by atoms with Crippen molar-refractivity contribution in [3.63, 3.8) is 0 Å². The number of nitrogens with zero attached hydrogens (tertiary/aromatic N) is 1. The van der Waals surface area contributed by atoms with Crippen molar-refractivity contribution in [2.75, 3.05) is 41.1 Å². The standard InChI is InChI=1S/C24H30FNO5/c1-6-29-20-8-7-16(12-18(20)25)19(27)11-15(2)22-17(9-10-26(3)4)13-21-23(24(22)28-5)31-14-30-21/h7-8,12-13,15H,6,9-11,14H2,1-5H3. The monoisotopic (exact) mass is 431 g/mol. The first-order valence-corrected chi connectivity index (χ1v) is 10.4. The van der Waals surface area contributed by atoms with Gasteiger partial charge in [-0.3, -0.25) is 4.79 Å². The van der Waals surface area contributed by atoms with Crippen LogP contribution in [0.3, 0.4) is 0 Å².